The lowest BCUT2D eigenvalue weighted by Crippen LogP contribution is -2.26. The van der Waals surface area contributed by atoms with Crippen LogP contribution in [0.2, 0.25) is 0 Å². The average Bonchev–Trinajstić information content (AvgIpc) is 2.16. The summed E-state index contributed by atoms with van der Waals surface area (Å²) in [5.74, 6) is 1.09. The zero-order chi connectivity index (χ0) is 10.1. The van der Waals surface area contributed by atoms with Crippen molar-refractivity contribution >= 4 is 17.4 Å². The molecule has 1 unspecified atom stereocenters. The van der Waals surface area contributed by atoms with Gasteiger partial charge in [-0.05, 0) is 31.5 Å². The van der Waals surface area contributed by atoms with Gasteiger partial charge < -0.3 is 5.32 Å². The van der Waals surface area contributed by atoms with E-state index in [1.54, 1.807) is 0 Å². The highest BCUT2D eigenvalue weighted by molar-refractivity contribution is 7.99. The molecule has 1 aromatic carbocycles. The third-order valence-corrected chi connectivity index (χ3v) is 3.63. The molecule has 0 aliphatic carbocycles. The first-order chi connectivity index (χ1) is 6.66. The fourth-order valence-corrected chi connectivity index (χ4v) is 2.70. The second-order valence-electron chi connectivity index (χ2n) is 3.85. The van der Waals surface area contributed by atoms with E-state index in [4.69, 9.17) is 0 Å². The number of aryl methyl sites for hydroxylation is 1. The molecule has 14 heavy (non-hydrogen) atoms. The van der Waals surface area contributed by atoms with Crippen LogP contribution in [0.1, 0.15) is 12.5 Å². The number of hydrogen-bond acceptors (Lipinski definition) is 2. The van der Waals surface area contributed by atoms with E-state index in [2.05, 4.69) is 43.9 Å². The first-order valence-corrected chi connectivity index (χ1v) is 5.81. The molecule has 0 saturated carbocycles. The van der Waals surface area contributed by atoms with Crippen LogP contribution in [0, 0.1) is 6.92 Å². The molecule has 0 saturated heterocycles. The molecule has 1 aliphatic heterocycles. The molecule has 1 heterocycles. The molecule has 1 nitrogen and oxygen atoms in total. The highest BCUT2D eigenvalue weighted by Gasteiger charge is 2.18. The molecule has 1 aromatic rings. The smallest absolute Gasteiger partial charge is 0.0562 e. The Labute approximate surface area is 89.6 Å². The maximum atomic E-state index is 4.00. The topological polar surface area (TPSA) is 12.0 Å². The second-order valence-corrected chi connectivity index (χ2v) is 4.92. The number of benzene rings is 1. The molecule has 2 heteroatoms. The maximum absolute atomic E-state index is 4.00. The highest BCUT2D eigenvalue weighted by atomic mass is 32.2. The van der Waals surface area contributed by atoms with Gasteiger partial charge in [-0.15, -0.1) is 11.8 Å². The van der Waals surface area contributed by atoms with E-state index in [0.29, 0.717) is 6.04 Å². The largest absolute Gasteiger partial charge is 0.377 e. The average molecular weight is 205 g/mol. The minimum Gasteiger partial charge on any atom is -0.377 e. The summed E-state index contributed by atoms with van der Waals surface area (Å²) in [6.07, 6.45) is 0. The van der Waals surface area contributed by atoms with E-state index in [9.17, 15) is 0 Å². The van der Waals surface area contributed by atoms with Gasteiger partial charge in [0, 0.05) is 16.3 Å². The SMILES string of the molecule is C=C(C)C1CSc2ccc(C)cc2N1. The van der Waals surface area contributed by atoms with Crippen LogP contribution < -0.4 is 5.32 Å². The normalized spacial score (nSPS) is 19.7. The Kier molecular flexibility index (Phi) is 2.55. The summed E-state index contributed by atoms with van der Waals surface area (Å²) >= 11 is 1.91. The summed E-state index contributed by atoms with van der Waals surface area (Å²) in [5, 5.41) is 3.52. The van der Waals surface area contributed by atoms with Gasteiger partial charge in [-0.3, -0.25) is 0 Å². The van der Waals surface area contributed by atoms with E-state index < -0.39 is 0 Å². The summed E-state index contributed by atoms with van der Waals surface area (Å²) in [6.45, 7) is 8.20. The third kappa shape index (κ3) is 1.80. The zero-order valence-corrected chi connectivity index (χ0v) is 9.45. The fraction of sp³-hybridized carbons (Fsp3) is 0.333. The van der Waals surface area contributed by atoms with Crippen LogP contribution in [0.5, 0.6) is 0 Å². The van der Waals surface area contributed by atoms with Crippen LogP contribution in [-0.4, -0.2) is 11.8 Å². The number of nitrogens with one attached hydrogen (secondary N) is 1. The molecule has 74 valence electrons. The van der Waals surface area contributed by atoms with Crippen molar-refractivity contribution in [2.75, 3.05) is 11.1 Å². The molecule has 0 bridgehead atoms. The predicted molar refractivity (Wildman–Crippen MR) is 64.1 cm³/mol. The third-order valence-electron chi connectivity index (χ3n) is 2.47. The Morgan fingerprint density at radius 3 is 3.07 bits per heavy atom. The van der Waals surface area contributed by atoms with Crippen LogP contribution in [0.15, 0.2) is 35.2 Å². The van der Waals surface area contributed by atoms with Crippen molar-refractivity contribution in [3.05, 3.63) is 35.9 Å². The Morgan fingerprint density at radius 1 is 1.57 bits per heavy atom. The van der Waals surface area contributed by atoms with E-state index in [1.807, 2.05) is 11.8 Å². The van der Waals surface area contributed by atoms with Crippen LogP contribution in [0.4, 0.5) is 5.69 Å². The number of fused-ring (bicyclic) bond motifs is 1. The molecule has 0 amide bonds. The van der Waals surface area contributed by atoms with Gasteiger partial charge >= 0.3 is 0 Å². The molecule has 1 aliphatic rings. The molecule has 0 radical (unpaired) electrons. The van der Waals surface area contributed by atoms with E-state index in [0.717, 1.165) is 5.75 Å². The molecule has 1 N–H and O–H groups in total. The highest BCUT2D eigenvalue weighted by Crippen LogP contribution is 2.34. The summed E-state index contributed by atoms with van der Waals surface area (Å²) in [7, 11) is 0. The molecule has 1 atom stereocenters. The van der Waals surface area contributed by atoms with Gasteiger partial charge in [0.15, 0.2) is 0 Å². The Morgan fingerprint density at radius 2 is 2.36 bits per heavy atom. The minimum atomic E-state index is 0.425. The lowest BCUT2D eigenvalue weighted by Gasteiger charge is -2.27. The first-order valence-electron chi connectivity index (χ1n) is 4.82. The van der Waals surface area contributed by atoms with E-state index in [1.165, 1.54) is 21.7 Å². The zero-order valence-electron chi connectivity index (χ0n) is 8.63. The quantitative estimate of drug-likeness (QED) is 0.705. The predicted octanol–water partition coefficient (Wildman–Crippen LogP) is 3.46. The van der Waals surface area contributed by atoms with Crippen LogP contribution in [-0.2, 0) is 0 Å². The monoisotopic (exact) mass is 205 g/mol. The lowest BCUT2D eigenvalue weighted by molar-refractivity contribution is 0.922. The van der Waals surface area contributed by atoms with Crippen molar-refractivity contribution in [1.29, 1.82) is 0 Å². The standard InChI is InChI=1S/C12H15NS/c1-8(2)11-7-14-12-5-4-9(3)6-10(12)13-11/h4-6,11,13H,1,7H2,2-3H3. The minimum absolute atomic E-state index is 0.425. The van der Waals surface area contributed by atoms with Crippen molar-refractivity contribution in [3.8, 4) is 0 Å². The summed E-state index contributed by atoms with van der Waals surface area (Å²) < 4.78 is 0. The number of rotatable bonds is 1. The Balaban J connectivity index is 2.29. The maximum Gasteiger partial charge on any atom is 0.0562 e. The number of anilines is 1. The first kappa shape index (κ1) is 9.66. The fourth-order valence-electron chi connectivity index (χ4n) is 1.55. The number of hydrogen-bond donors (Lipinski definition) is 1. The molecular weight excluding hydrogens is 190 g/mol. The van der Waals surface area contributed by atoms with Gasteiger partial charge in [-0.1, -0.05) is 18.2 Å². The molecule has 0 aromatic heterocycles. The van der Waals surface area contributed by atoms with Crippen molar-refractivity contribution in [2.45, 2.75) is 24.8 Å². The molecule has 0 fully saturated rings. The molecular formula is C12H15NS. The van der Waals surface area contributed by atoms with Crippen molar-refractivity contribution in [2.24, 2.45) is 0 Å². The molecule has 2 rings (SSSR count). The lowest BCUT2D eigenvalue weighted by atomic mass is 10.1. The Hall–Kier alpha value is -0.890. The number of thioether (sulfide) groups is 1. The van der Waals surface area contributed by atoms with E-state index >= 15 is 0 Å². The van der Waals surface area contributed by atoms with Gasteiger partial charge in [0.2, 0.25) is 0 Å². The molecule has 0 spiro atoms. The van der Waals surface area contributed by atoms with Crippen LogP contribution >= 0.6 is 11.8 Å². The van der Waals surface area contributed by atoms with E-state index in [-0.39, 0.29) is 0 Å². The summed E-state index contributed by atoms with van der Waals surface area (Å²) in [4.78, 5) is 1.35. The summed E-state index contributed by atoms with van der Waals surface area (Å²) in [6, 6.07) is 6.98. The Bertz CT molecular complexity index is 371. The van der Waals surface area contributed by atoms with Crippen molar-refractivity contribution < 1.29 is 0 Å². The van der Waals surface area contributed by atoms with Gasteiger partial charge in [0.1, 0.15) is 0 Å². The van der Waals surface area contributed by atoms with Gasteiger partial charge in [0.25, 0.3) is 0 Å². The summed E-state index contributed by atoms with van der Waals surface area (Å²) in [5.41, 5.74) is 3.78. The van der Waals surface area contributed by atoms with Gasteiger partial charge in [0.05, 0.1) is 6.04 Å². The second kappa shape index (κ2) is 3.70. The van der Waals surface area contributed by atoms with Crippen molar-refractivity contribution in [1.82, 2.24) is 0 Å². The van der Waals surface area contributed by atoms with Crippen molar-refractivity contribution in [3.63, 3.8) is 0 Å². The van der Waals surface area contributed by atoms with Crippen LogP contribution in [0.3, 0.4) is 0 Å². The van der Waals surface area contributed by atoms with Gasteiger partial charge in [-0.2, -0.15) is 0 Å². The van der Waals surface area contributed by atoms with Gasteiger partial charge in [-0.25, -0.2) is 0 Å². The van der Waals surface area contributed by atoms with Crippen LogP contribution in [0.25, 0.3) is 0 Å².